The minimum Gasteiger partial charge on any atom is -0.350 e. The molecular formula is C28H38N4O2. The molecule has 2 aromatic rings. The van der Waals surface area contributed by atoms with Gasteiger partial charge in [0, 0.05) is 25.8 Å². The largest absolute Gasteiger partial charge is 0.350 e. The van der Waals surface area contributed by atoms with E-state index in [2.05, 4.69) is 24.1 Å². The number of carbonyl (C=O) groups is 2. The fraction of sp³-hybridized carbons (Fsp3) is 0.679. The molecule has 2 amide bonds. The van der Waals surface area contributed by atoms with Gasteiger partial charge in [0.15, 0.2) is 0 Å². The van der Waals surface area contributed by atoms with Gasteiger partial charge in [-0.2, -0.15) is 0 Å². The van der Waals surface area contributed by atoms with Gasteiger partial charge in [0.1, 0.15) is 11.3 Å². The SMILES string of the molecule is CC1(C)CCCN(C(=O)Cc2cn3c(C(=O)NCC45CCCC(C4)C4CC4C5)cccc3n2)C1. The summed E-state index contributed by atoms with van der Waals surface area (Å²) in [5.41, 5.74) is 2.54. The summed E-state index contributed by atoms with van der Waals surface area (Å²) in [5, 5.41) is 3.29. The van der Waals surface area contributed by atoms with Crippen LogP contribution in [-0.2, 0) is 11.2 Å². The minimum atomic E-state index is -0.0342. The summed E-state index contributed by atoms with van der Waals surface area (Å²) in [4.78, 5) is 32.9. The smallest absolute Gasteiger partial charge is 0.268 e. The number of hydrogen-bond donors (Lipinski definition) is 1. The number of imidazole rings is 1. The number of carbonyl (C=O) groups excluding carboxylic acids is 2. The van der Waals surface area contributed by atoms with E-state index in [9.17, 15) is 9.59 Å². The van der Waals surface area contributed by atoms with Gasteiger partial charge in [-0.3, -0.25) is 14.0 Å². The van der Waals surface area contributed by atoms with E-state index < -0.39 is 0 Å². The number of nitrogens with zero attached hydrogens (tertiary/aromatic N) is 3. The molecule has 182 valence electrons. The van der Waals surface area contributed by atoms with E-state index in [1.54, 1.807) is 0 Å². The number of amides is 2. The van der Waals surface area contributed by atoms with Gasteiger partial charge in [-0.05, 0) is 79.2 Å². The fourth-order valence-corrected chi connectivity index (χ4v) is 7.52. The molecule has 34 heavy (non-hydrogen) atoms. The highest BCUT2D eigenvalue weighted by Gasteiger charge is 2.55. The average molecular weight is 463 g/mol. The number of aromatic nitrogens is 2. The minimum absolute atomic E-state index is 0.0342. The number of piperidine rings is 1. The lowest BCUT2D eigenvalue weighted by atomic mass is 9.62. The summed E-state index contributed by atoms with van der Waals surface area (Å²) >= 11 is 0. The molecule has 0 spiro atoms. The standard InChI is InChI=1S/C28H38N4O2/c1-27(2)9-5-11-31(18-27)25(33)13-21-16-32-23(7-3-8-24(32)30-21)26(34)29-17-28-10-4-6-19(14-28)22-12-20(22)15-28/h3,7-8,16,19-20,22H,4-6,9-15,17-18H2,1-2H3,(H,29,34). The molecule has 0 aromatic carbocycles. The van der Waals surface area contributed by atoms with Crippen molar-refractivity contribution < 1.29 is 9.59 Å². The highest BCUT2D eigenvalue weighted by Crippen LogP contribution is 2.63. The summed E-state index contributed by atoms with van der Waals surface area (Å²) in [6.45, 7) is 6.87. The molecule has 6 nitrogen and oxygen atoms in total. The Labute approximate surface area is 202 Å². The molecule has 6 heteroatoms. The maximum absolute atomic E-state index is 13.3. The van der Waals surface area contributed by atoms with E-state index in [0.29, 0.717) is 11.1 Å². The first-order chi connectivity index (χ1) is 16.3. The molecule has 1 aliphatic heterocycles. The first-order valence-corrected chi connectivity index (χ1v) is 13.3. The van der Waals surface area contributed by atoms with E-state index in [4.69, 9.17) is 0 Å². The predicted octanol–water partition coefficient (Wildman–Crippen LogP) is 4.47. The van der Waals surface area contributed by atoms with Crippen LogP contribution in [0.5, 0.6) is 0 Å². The Balaban J connectivity index is 1.15. The number of hydrogen-bond acceptors (Lipinski definition) is 3. The summed E-state index contributed by atoms with van der Waals surface area (Å²) in [6, 6.07) is 5.66. The topological polar surface area (TPSA) is 66.7 Å². The molecule has 3 aliphatic carbocycles. The van der Waals surface area contributed by atoms with E-state index in [-0.39, 0.29) is 23.7 Å². The Morgan fingerprint density at radius 2 is 2.00 bits per heavy atom. The normalized spacial score (nSPS) is 31.7. The maximum atomic E-state index is 13.3. The van der Waals surface area contributed by atoms with Crippen LogP contribution in [0.2, 0.25) is 0 Å². The maximum Gasteiger partial charge on any atom is 0.268 e. The Morgan fingerprint density at radius 3 is 2.85 bits per heavy atom. The predicted molar refractivity (Wildman–Crippen MR) is 131 cm³/mol. The molecule has 4 aliphatic rings. The second kappa shape index (κ2) is 8.10. The number of fused-ring (bicyclic) bond motifs is 5. The van der Waals surface area contributed by atoms with Crippen molar-refractivity contribution in [3.8, 4) is 0 Å². The van der Waals surface area contributed by atoms with Crippen LogP contribution in [-0.4, -0.2) is 45.7 Å². The van der Waals surface area contributed by atoms with Gasteiger partial charge in [-0.15, -0.1) is 0 Å². The van der Waals surface area contributed by atoms with Crippen molar-refractivity contribution in [3.05, 3.63) is 35.8 Å². The molecule has 2 bridgehead atoms. The van der Waals surface area contributed by atoms with E-state index >= 15 is 0 Å². The molecule has 6 rings (SSSR count). The van der Waals surface area contributed by atoms with Gasteiger partial charge < -0.3 is 10.2 Å². The lowest BCUT2D eigenvalue weighted by molar-refractivity contribution is -0.133. The second-order valence-electron chi connectivity index (χ2n) is 12.5. The summed E-state index contributed by atoms with van der Waals surface area (Å²) in [5.74, 6) is 2.89. The van der Waals surface area contributed by atoms with E-state index in [0.717, 1.165) is 61.6 Å². The fourth-order valence-electron chi connectivity index (χ4n) is 7.52. The van der Waals surface area contributed by atoms with Crippen LogP contribution in [0.15, 0.2) is 24.4 Å². The van der Waals surface area contributed by atoms with Gasteiger partial charge >= 0.3 is 0 Å². The van der Waals surface area contributed by atoms with Gasteiger partial charge in [0.25, 0.3) is 5.91 Å². The molecule has 2 aromatic heterocycles. The molecule has 3 saturated carbocycles. The van der Waals surface area contributed by atoms with Gasteiger partial charge in [-0.25, -0.2) is 4.98 Å². The van der Waals surface area contributed by atoms with Crippen molar-refractivity contribution in [2.75, 3.05) is 19.6 Å². The molecule has 3 heterocycles. The second-order valence-corrected chi connectivity index (χ2v) is 12.5. The molecule has 0 radical (unpaired) electrons. The average Bonchev–Trinajstić information content (AvgIpc) is 3.45. The number of likely N-dealkylation sites (tertiary alicyclic amines) is 1. The Kier molecular flexibility index (Phi) is 5.27. The van der Waals surface area contributed by atoms with Crippen molar-refractivity contribution in [3.63, 3.8) is 0 Å². The number of rotatable bonds is 5. The third kappa shape index (κ3) is 4.14. The van der Waals surface area contributed by atoms with Crippen molar-refractivity contribution in [2.24, 2.45) is 28.6 Å². The van der Waals surface area contributed by atoms with Gasteiger partial charge in [-0.1, -0.05) is 32.8 Å². The van der Waals surface area contributed by atoms with Crippen molar-refractivity contribution >= 4 is 17.5 Å². The summed E-state index contributed by atoms with van der Waals surface area (Å²) in [6.07, 6.45) is 12.3. The lowest BCUT2D eigenvalue weighted by Gasteiger charge is -2.45. The van der Waals surface area contributed by atoms with Crippen LogP contribution in [0.3, 0.4) is 0 Å². The van der Waals surface area contributed by atoms with Crippen molar-refractivity contribution in [1.29, 1.82) is 0 Å². The third-order valence-corrected chi connectivity index (χ3v) is 9.24. The molecule has 1 N–H and O–H groups in total. The summed E-state index contributed by atoms with van der Waals surface area (Å²) in [7, 11) is 0. The molecule has 4 atom stereocenters. The van der Waals surface area contributed by atoms with Crippen LogP contribution >= 0.6 is 0 Å². The monoisotopic (exact) mass is 462 g/mol. The lowest BCUT2D eigenvalue weighted by Crippen LogP contribution is -2.44. The van der Waals surface area contributed by atoms with Crippen LogP contribution in [0.4, 0.5) is 0 Å². The third-order valence-electron chi connectivity index (χ3n) is 9.24. The Morgan fingerprint density at radius 1 is 1.15 bits per heavy atom. The first kappa shape index (κ1) is 22.1. The van der Waals surface area contributed by atoms with Gasteiger partial charge in [0.2, 0.25) is 5.91 Å². The molecule has 4 unspecified atom stereocenters. The van der Waals surface area contributed by atoms with E-state index in [1.807, 2.05) is 33.7 Å². The molecular weight excluding hydrogens is 424 g/mol. The van der Waals surface area contributed by atoms with Crippen LogP contribution < -0.4 is 5.32 Å². The zero-order valence-electron chi connectivity index (χ0n) is 20.7. The van der Waals surface area contributed by atoms with Crippen molar-refractivity contribution in [1.82, 2.24) is 19.6 Å². The summed E-state index contributed by atoms with van der Waals surface area (Å²) < 4.78 is 1.86. The zero-order valence-corrected chi connectivity index (χ0v) is 20.7. The van der Waals surface area contributed by atoms with Crippen LogP contribution in [0.25, 0.3) is 5.65 Å². The first-order valence-electron chi connectivity index (χ1n) is 13.3. The highest BCUT2D eigenvalue weighted by atomic mass is 16.2. The Hall–Kier alpha value is -2.37. The Bertz CT molecular complexity index is 1120. The van der Waals surface area contributed by atoms with Crippen LogP contribution in [0.1, 0.15) is 81.4 Å². The number of pyridine rings is 1. The van der Waals surface area contributed by atoms with Gasteiger partial charge in [0.05, 0.1) is 12.1 Å². The molecule has 4 fully saturated rings. The quantitative estimate of drug-likeness (QED) is 0.713. The highest BCUT2D eigenvalue weighted by molar-refractivity contribution is 5.93. The molecule has 1 saturated heterocycles. The van der Waals surface area contributed by atoms with Crippen molar-refractivity contribution in [2.45, 2.75) is 71.6 Å². The van der Waals surface area contributed by atoms with E-state index in [1.165, 1.54) is 38.5 Å². The van der Waals surface area contributed by atoms with Crippen LogP contribution in [0, 0.1) is 28.6 Å². The zero-order chi connectivity index (χ0) is 23.5. The number of nitrogens with one attached hydrogen (secondary N) is 1.